The van der Waals surface area contributed by atoms with E-state index < -0.39 is 16.1 Å². The minimum Gasteiger partial charge on any atom is -0.341 e. The van der Waals surface area contributed by atoms with Gasteiger partial charge in [-0.25, -0.2) is 12.8 Å². The van der Waals surface area contributed by atoms with Gasteiger partial charge in [0.2, 0.25) is 15.9 Å². The Morgan fingerprint density at radius 1 is 1.00 bits per heavy atom. The standard InChI is InChI=1S/C26H25FN4O3S2/c27-21-11-9-19(10-12-21)20-13-15-31(16-14-20)26(32)23(17-18-5-2-1-3-6-18)30-36(33,34)24-8-4-7-22-25(24)29-35-28-22/h1-12,20,23,30H,13-17H2/t23-/m1/s1. The SMILES string of the molecule is O=C([C@@H](Cc1ccccc1)NS(=O)(=O)c1cccc2nsnc12)N1CCC(c2ccc(F)cc2)CC1. The first-order chi connectivity index (χ1) is 17.4. The van der Waals surface area contributed by atoms with E-state index in [1.165, 1.54) is 18.2 Å². The maximum absolute atomic E-state index is 13.6. The summed E-state index contributed by atoms with van der Waals surface area (Å²) in [5.74, 6) is -0.302. The van der Waals surface area contributed by atoms with E-state index in [0.29, 0.717) is 24.1 Å². The van der Waals surface area contributed by atoms with Crippen molar-refractivity contribution in [3.05, 3.63) is 89.7 Å². The molecular formula is C26H25FN4O3S2. The van der Waals surface area contributed by atoms with Gasteiger partial charge >= 0.3 is 0 Å². The molecule has 1 aliphatic heterocycles. The molecule has 1 saturated heterocycles. The molecule has 4 aromatic rings. The molecule has 3 aromatic carbocycles. The lowest BCUT2D eigenvalue weighted by Gasteiger charge is -2.34. The summed E-state index contributed by atoms with van der Waals surface area (Å²) in [4.78, 5) is 15.4. The van der Waals surface area contributed by atoms with Gasteiger partial charge in [-0.15, -0.1) is 0 Å². The van der Waals surface area contributed by atoms with E-state index in [2.05, 4.69) is 13.5 Å². The largest absolute Gasteiger partial charge is 0.341 e. The monoisotopic (exact) mass is 524 g/mol. The van der Waals surface area contributed by atoms with Gasteiger partial charge in [-0.2, -0.15) is 13.5 Å². The maximum Gasteiger partial charge on any atom is 0.243 e. The van der Waals surface area contributed by atoms with Gasteiger partial charge in [-0.05, 0) is 60.6 Å². The zero-order valence-corrected chi connectivity index (χ0v) is 21.0. The molecule has 10 heteroatoms. The lowest BCUT2D eigenvalue weighted by atomic mass is 9.89. The second-order valence-corrected chi connectivity index (χ2v) is 11.1. The van der Waals surface area contributed by atoms with Crippen LogP contribution < -0.4 is 4.72 Å². The van der Waals surface area contributed by atoms with E-state index in [9.17, 15) is 17.6 Å². The number of aromatic nitrogens is 2. The average Bonchev–Trinajstić information content (AvgIpc) is 3.38. The zero-order chi connectivity index (χ0) is 25.1. The van der Waals surface area contributed by atoms with Crippen LogP contribution in [-0.4, -0.2) is 47.1 Å². The highest BCUT2D eigenvalue weighted by molar-refractivity contribution is 7.89. The van der Waals surface area contributed by atoms with Crippen LogP contribution in [0.4, 0.5) is 4.39 Å². The van der Waals surface area contributed by atoms with Crippen LogP contribution in [0.1, 0.15) is 29.9 Å². The molecule has 5 rings (SSSR count). The molecule has 1 N–H and O–H groups in total. The molecule has 1 aromatic heterocycles. The van der Waals surface area contributed by atoms with Crippen LogP contribution >= 0.6 is 11.7 Å². The molecule has 0 radical (unpaired) electrons. The Labute approximate surface area is 213 Å². The molecule has 0 spiro atoms. The van der Waals surface area contributed by atoms with Crippen molar-refractivity contribution in [1.82, 2.24) is 18.4 Å². The molecule has 186 valence electrons. The van der Waals surface area contributed by atoms with Crippen molar-refractivity contribution in [1.29, 1.82) is 0 Å². The third-order valence-corrected chi connectivity index (χ3v) is 8.61. The number of nitrogens with one attached hydrogen (secondary N) is 1. The van der Waals surface area contributed by atoms with E-state index in [-0.39, 0.29) is 29.0 Å². The molecule has 2 heterocycles. The number of carbonyl (C=O) groups is 1. The van der Waals surface area contributed by atoms with E-state index in [1.807, 2.05) is 30.3 Å². The molecule has 1 atom stereocenters. The van der Waals surface area contributed by atoms with Crippen molar-refractivity contribution in [2.75, 3.05) is 13.1 Å². The smallest absolute Gasteiger partial charge is 0.243 e. The van der Waals surface area contributed by atoms with E-state index in [4.69, 9.17) is 0 Å². The first-order valence-electron chi connectivity index (χ1n) is 11.7. The summed E-state index contributed by atoms with van der Waals surface area (Å²) in [6, 6.07) is 19.7. The Morgan fingerprint density at radius 3 is 2.44 bits per heavy atom. The maximum atomic E-state index is 13.6. The van der Waals surface area contributed by atoms with Gasteiger partial charge in [-0.1, -0.05) is 48.5 Å². The number of rotatable bonds is 7. The summed E-state index contributed by atoms with van der Waals surface area (Å²) in [7, 11) is -4.05. The summed E-state index contributed by atoms with van der Waals surface area (Å²) < 4.78 is 51.1. The minimum absolute atomic E-state index is 0.00892. The average molecular weight is 525 g/mol. The molecular weight excluding hydrogens is 499 g/mol. The summed E-state index contributed by atoms with van der Waals surface area (Å²) in [5, 5.41) is 0. The summed E-state index contributed by atoms with van der Waals surface area (Å²) >= 11 is 0.945. The topological polar surface area (TPSA) is 92.3 Å². The van der Waals surface area contributed by atoms with Crippen LogP contribution in [-0.2, 0) is 21.2 Å². The molecule has 0 unspecified atom stereocenters. The lowest BCUT2D eigenvalue weighted by Crippen LogP contribution is -2.51. The van der Waals surface area contributed by atoms with Crippen LogP contribution in [0.2, 0.25) is 0 Å². The number of hydrogen-bond donors (Lipinski definition) is 1. The highest BCUT2D eigenvalue weighted by atomic mass is 32.2. The third-order valence-electron chi connectivity index (χ3n) is 6.56. The number of fused-ring (bicyclic) bond motifs is 1. The van der Waals surface area contributed by atoms with Gasteiger partial charge in [0.05, 0.1) is 11.7 Å². The summed E-state index contributed by atoms with van der Waals surface area (Å²) in [6.07, 6.45) is 1.68. The second kappa shape index (κ2) is 10.4. The van der Waals surface area contributed by atoms with Crippen LogP contribution in [0, 0.1) is 5.82 Å². The van der Waals surface area contributed by atoms with Gasteiger partial charge in [0.1, 0.15) is 27.8 Å². The first-order valence-corrected chi connectivity index (χ1v) is 13.9. The van der Waals surface area contributed by atoms with Crippen molar-refractivity contribution >= 4 is 38.7 Å². The molecule has 1 aliphatic rings. The molecule has 36 heavy (non-hydrogen) atoms. The molecule has 1 amide bonds. The number of hydrogen-bond acceptors (Lipinski definition) is 6. The highest BCUT2D eigenvalue weighted by Crippen LogP contribution is 2.29. The van der Waals surface area contributed by atoms with Crippen molar-refractivity contribution in [3.8, 4) is 0 Å². The normalized spacial score (nSPS) is 15.8. The van der Waals surface area contributed by atoms with E-state index in [0.717, 1.165) is 35.7 Å². The van der Waals surface area contributed by atoms with Crippen LogP contribution in [0.3, 0.4) is 0 Å². The fourth-order valence-electron chi connectivity index (χ4n) is 4.67. The zero-order valence-electron chi connectivity index (χ0n) is 19.4. The van der Waals surface area contributed by atoms with Crippen molar-refractivity contribution in [3.63, 3.8) is 0 Å². The molecule has 7 nitrogen and oxygen atoms in total. The number of amides is 1. The van der Waals surface area contributed by atoms with Gasteiger partial charge in [0.15, 0.2) is 0 Å². The Balaban J connectivity index is 1.36. The van der Waals surface area contributed by atoms with Crippen molar-refractivity contribution in [2.24, 2.45) is 0 Å². The number of sulfonamides is 1. The fourth-order valence-corrected chi connectivity index (χ4v) is 6.62. The Bertz CT molecular complexity index is 1450. The molecule has 0 bridgehead atoms. The molecule has 1 fully saturated rings. The molecule has 0 aliphatic carbocycles. The number of piperidine rings is 1. The lowest BCUT2D eigenvalue weighted by molar-refractivity contribution is -0.134. The fraction of sp³-hybridized carbons (Fsp3) is 0.269. The summed E-state index contributed by atoms with van der Waals surface area (Å²) in [5.41, 5.74) is 2.70. The van der Waals surface area contributed by atoms with Crippen LogP contribution in [0.25, 0.3) is 11.0 Å². The van der Waals surface area contributed by atoms with Gasteiger partial charge in [0.25, 0.3) is 0 Å². The Morgan fingerprint density at radius 2 is 1.72 bits per heavy atom. The Hall–Kier alpha value is -3.21. The van der Waals surface area contributed by atoms with Gasteiger partial charge in [0, 0.05) is 13.1 Å². The number of halogens is 1. The Kier molecular flexibility index (Phi) is 7.08. The second-order valence-electron chi connectivity index (χ2n) is 8.90. The van der Waals surface area contributed by atoms with Crippen molar-refractivity contribution < 1.29 is 17.6 Å². The minimum atomic E-state index is -4.05. The highest BCUT2D eigenvalue weighted by Gasteiger charge is 2.33. The van der Waals surface area contributed by atoms with Gasteiger partial charge < -0.3 is 4.90 Å². The quantitative estimate of drug-likeness (QED) is 0.393. The van der Waals surface area contributed by atoms with Crippen molar-refractivity contribution in [2.45, 2.75) is 36.1 Å². The van der Waals surface area contributed by atoms with E-state index >= 15 is 0 Å². The summed E-state index contributed by atoms with van der Waals surface area (Å²) in [6.45, 7) is 0.999. The van der Waals surface area contributed by atoms with Gasteiger partial charge in [-0.3, -0.25) is 4.79 Å². The number of carbonyl (C=O) groups excluding carboxylic acids is 1. The van der Waals surface area contributed by atoms with Crippen LogP contribution in [0.5, 0.6) is 0 Å². The number of benzene rings is 3. The third kappa shape index (κ3) is 5.30. The predicted octanol–water partition coefficient (Wildman–Crippen LogP) is 4.13. The number of nitrogens with zero attached hydrogens (tertiary/aromatic N) is 3. The predicted molar refractivity (Wildman–Crippen MR) is 137 cm³/mol. The number of likely N-dealkylation sites (tertiary alicyclic amines) is 1. The van der Waals surface area contributed by atoms with Crippen LogP contribution in [0.15, 0.2) is 77.7 Å². The first kappa shape index (κ1) is 24.5. The van der Waals surface area contributed by atoms with E-state index in [1.54, 1.807) is 29.2 Å². The molecule has 0 saturated carbocycles.